The Labute approximate surface area is 156 Å². The van der Waals surface area contributed by atoms with Crippen LogP contribution in [0.4, 0.5) is 5.69 Å². The van der Waals surface area contributed by atoms with Crippen molar-refractivity contribution in [2.45, 2.75) is 27.2 Å². The van der Waals surface area contributed by atoms with Gasteiger partial charge in [0.15, 0.2) is 0 Å². The zero-order valence-electron chi connectivity index (χ0n) is 14.0. The highest BCUT2D eigenvalue weighted by molar-refractivity contribution is 14.1. The summed E-state index contributed by atoms with van der Waals surface area (Å²) in [5.41, 5.74) is 4.16. The van der Waals surface area contributed by atoms with Gasteiger partial charge in [0, 0.05) is 9.49 Å². The number of aryl methyl sites for hydroxylation is 2. The summed E-state index contributed by atoms with van der Waals surface area (Å²) in [6.45, 7) is 5.97. The number of carbonyl (C=O) groups is 2. The molecule has 2 aromatic rings. The third kappa shape index (κ3) is 3.24. The van der Waals surface area contributed by atoms with Gasteiger partial charge >= 0.3 is 0 Å². The van der Waals surface area contributed by atoms with E-state index in [1.807, 2.05) is 31.2 Å². The fourth-order valence-corrected chi connectivity index (χ4v) is 3.77. The van der Waals surface area contributed by atoms with Crippen molar-refractivity contribution >= 4 is 40.1 Å². The third-order valence-corrected chi connectivity index (χ3v) is 5.29. The molecule has 0 aliphatic carbocycles. The van der Waals surface area contributed by atoms with E-state index in [0.29, 0.717) is 12.1 Å². The number of hydrogen-bond acceptors (Lipinski definition) is 2. The maximum atomic E-state index is 12.9. The SMILES string of the molecule is Cc1cc(C)cc(C[C@H]2C(=O)N(c3ccc(I)cc3)C(=O)[C@@H]2C)c1. The van der Waals surface area contributed by atoms with Crippen LogP contribution in [0.25, 0.3) is 0 Å². The van der Waals surface area contributed by atoms with E-state index in [1.54, 1.807) is 0 Å². The number of nitrogens with zero attached hydrogens (tertiary/aromatic N) is 1. The number of amides is 2. The molecule has 1 aliphatic heterocycles. The Kier molecular flexibility index (Phi) is 4.76. The van der Waals surface area contributed by atoms with Crippen LogP contribution in [-0.2, 0) is 16.0 Å². The molecule has 124 valence electrons. The molecule has 0 aromatic heterocycles. The highest BCUT2D eigenvalue weighted by Crippen LogP contribution is 2.33. The van der Waals surface area contributed by atoms with Gasteiger partial charge in [-0.1, -0.05) is 36.2 Å². The Morgan fingerprint density at radius 3 is 2.12 bits per heavy atom. The monoisotopic (exact) mass is 433 g/mol. The van der Waals surface area contributed by atoms with Crippen LogP contribution in [0.1, 0.15) is 23.6 Å². The topological polar surface area (TPSA) is 37.4 Å². The zero-order chi connectivity index (χ0) is 17.4. The van der Waals surface area contributed by atoms with Gasteiger partial charge in [0.25, 0.3) is 0 Å². The van der Waals surface area contributed by atoms with Crippen LogP contribution in [0.2, 0.25) is 0 Å². The van der Waals surface area contributed by atoms with E-state index in [-0.39, 0.29) is 23.7 Å². The average molecular weight is 433 g/mol. The second-order valence-corrected chi connectivity index (χ2v) is 7.83. The minimum absolute atomic E-state index is 0.0899. The van der Waals surface area contributed by atoms with Crippen molar-refractivity contribution < 1.29 is 9.59 Å². The molecule has 2 amide bonds. The summed E-state index contributed by atoms with van der Waals surface area (Å²) in [6.07, 6.45) is 0.606. The van der Waals surface area contributed by atoms with Crippen LogP contribution in [0.5, 0.6) is 0 Å². The molecule has 0 N–H and O–H groups in total. The van der Waals surface area contributed by atoms with Crippen LogP contribution in [0.15, 0.2) is 42.5 Å². The third-order valence-electron chi connectivity index (χ3n) is 4.57. The fraction of sp³-hybridized carbons (Fsp3) is 0.300. The fourth-order valence-electron chi connectivity index (χ4n) is 3.41. The molecule has 0 radical (unpaired) electrons. The summed E-state index contributed by atoms with van der Waals surface area (Å²) in [6, 6.07) is 13.8. The molecule has 0 spiro atoms. The first-order valence-electron chi connectivity index (χ1n) is 8.07. The Morgan fingerprint density at radius 2 is 1.54 bits per heavy atom. The molecule has 1 heterocycles. The highest BCUT2D eigenvalue weighted by Gasteiger charge is 2.45. The van der Waals surface area contributed by atoms with Gasteiger partial charge in [-0.3, -0.25) is 14.5 Å². The number of carbonyl (C=O) groups excluding carboxylic acids is 2. The Balaban J connectivity index is 1.88. The summed E-state index contributed by atoms with van der Waals surface area (Å²) in [7, 11) is 0. The van der Waals surface area contributed by atoms with Gasteiger partial charge in [-0.25, -0.2) is 0 Å². The van der Waals surface area contributed by atoms with E-state index in [0.717, 1.165) is 9.13 Å². The molecule has 2 atom stereocenters. The minimum Gasteiger partial charge on any atom is -0.274 e. The van der Waals surface area contributed by atoms with Crippen LogP contribution in [-0.4, -0.2) is 11.8 Å². The summed E-state index contributed by atoms with van der Waals surface area (Å²) >= 11 is 2.21. The standard InChI is InChI=1S/C20H20INO2/c1-12-8-13(2)10-15(9-12)11-18-14(3)19(23)22(20(18)24)17-6-4-16(21)5-7-17/h4-10,14,18H,11H2,1-3H3/t14-,18-/m1/s1. The first-order chi connectivity index (χ1) is 11.4. The molecule has 1 fully saturated rings. The van der Waals surface area contributed by atoms with Gasteiger partial charge in [0.2, 0.25) is 11.8 Å². The largest absolute Gasteiger partial charge is 0.274 e. The van der Waals surface area contributed by atoms with Gasteiger partial charge < -0.3 is 0 Å². The summed E-state index contributed by atoms with van der Waals surface area (Å²) in [4.78, 5) is 26.9. The van der Waals surface area contributed by atoms with E-state index in [1.165, 1.54) is 16.0 Å². The average Bonchev–Trinajstić information content (AvgIpc) is 2.71. The van der Waals surface area contributed by atoms with Crippen molar-refractivity contribution in [3.05, 3.63) is 62.7 Å². The minimum atomic E-state index is -0.294. The molecular weight excluding hydrogens is 413 g/mol. The zero-order valence-corrected chi connectivity index (χ0v) is 16.2. The number of hydrogen-bond donors (Lipinski definition) is 0. The Bertz CT molecular complexity index is 778. The number of rotatable bonds is 3. The Morgan fingerprint density at radius 1 is 0.958 bits per heavy atom. The maximum absolute atomic E-state index is 12.9. The molecule has 0 bridgehead atoms. The second-order valence-electron chi connectivity index (χ2n) is 6.58. The van der Waals surface area contributed by atoms with E-state index in [2.05, 4.69) is 54.6 Å². The van der Waals surface area contributed by atoms with E-state index in [9.17, 15) is 9.59 Å². The smallest absolute Gasteiger partial charge is 0.238 e. The van der Waals surface area contributed by atoms with Gasteiger partial charge in [-0.05, 0) is 72.7 Å². The Hall–Kier alpha value is -1.69. The van der Waals surface area contributed by atoms with Crippen LogP contribution >= 0.6 is 22.6 Å². The molecule has 0 saturated carbocycles. The predicted octanol–water partition coefficient (Wildman–Crippen LogP) is 4.28. The maximum Gasteiger partial charge on any atom is 0.238 e. The lowest BCUT2D eigenvalue weighted by Gasteiger charge is -2.15. The molecule has 1 aliphatic rings. The number of anilines is 1. The van der Waals surface area contributed by atoms with E-state index >= 15 is 0 Å². The van der Waals surface area contributed by atoms with Crippen molar-refractivity contribution in [1.82, 2.24) is 0 Å². The molecule has 3 rings (SSSR count). The van der Waals surface area contributed by atoms with Crippen LogP contribution < -0.4 is 4.90 Å². The van der Waals surface area contributed by atoms with E-state index in [4.69, 9.17) is 0 Å². The van der Waals surface area contributed by atoms with Crippen LogP contribution in [0, 0.1) is 29.3 Å². The van der Waals surface area contributed by atoms with Crippen molar-refractivity contribution in [3.63, 3.8) is 0 Å². The summed E-state index contributed by atoms with van der Waals surface area (Å²) in [5.74, 6) is -0.779. The lowest BCUT2D eigenvalue weighted by atomic mass is 9.89. The quantitative estimate of drug-likeness (QED) is 0.536. The number of imide groups is 1. The lowest BCUT2D eigenvalue weighted by molar-refractivity contribution is -0.122. The van der Waals surface area contributed by atoms with Crippen molar-refractivity contribution in [3.8, 4) is 0 Å². The summed E-state index contributed by atoms with van der Waals surface area (Å²) in [5, 5.41) is 0. The number of halogens is 1. The molecule has 3 nitrogen and oxygen atoms in total. The van der Waals surface area contributed by atoms with Crippen LogP contribution in [0.3, 0.4) is 0 Å². The van der Waals surface area contributed by atoms with Gasteiger partial charge in [0.1, 0.15) is 0 Å². The first kappa shape index (κ1) is 17.1. The molecule has 0 unspecified atom stereocenters. The highest BCUT2D eigenvalue weighted by atomic mass is 127. The molecular formula is C20H20INO2. The van der Waals surface area contributed by atoms with Crippen molar-refractivity contribution in [2.75, 3.05) is 4.90 Å². The lowest BCUT2D eigenvalue weighted by Crippen LogP contribution is -2.31. The predicted molar refractivity (Wildman–Crippen MR) is 104 cm³/mol. The summed E-state index contributed by atoms with van der Waals surface area (Å²) < 4.78 is 1.08. The molecule has 1 saturated heterocycles. The normalized spacial score (nSPS) is 20.8. The first-order valence-corrected chi connectivity index (χ1v) is 9.15. The second kappa shape index (κ2) is 6.67. The molecule has 4 heteroatoms. The van der Waals surface area contributed by atoms with Gasteiger partial charge in [-0.2, -0.15) is 0 Å². The molecule has 24 heavy (non-hydrogen) atoms. The van der Waals surface area contributed by atoms with Gasteiger partial charge in [-0.15, -0.1) is 0 Å². The van der Waals surface area contributed by atoms with Crippen molar-refractivity contribution in [1.29, 1.82) is 0 Å². The molecule has 2 aromatic carbocycles. The van der Waals surface area contributed by atoms with Crippen molar-refractivity contribution in [2.24, 2.45) is 11.8 Å². The number of benzene rings is 2. The van der Waals surface area contributed by atoms with E-state index < -0.39 is 0 Å². The van der Waals surface area contributed by atoms with Gasteiger partial charge in [0.05, 0.1) is 11.6 Å².